The largest absolute Gasteiger partial charge is 0.480 e. The molecule has 0 unspecified atom stereocenters. The highest BCUT2D eigenvalue weighted by atomic mass is 16.4. The molecule has 0 saturated heterocycles. The average Bonchev–Trinajstić information content (AvgIpc) is 2.16. The SMILES string of the molecule is CCN(CC)[C@H](C)CN(CC(=O)O)CC(=O)O. The minimum Gasteiger partial charge on any atom is -0.480 e. The van der Waals surface area contributed by atoms with Crippen molar-refractivity contribution < 1.29 is 19.8 Å². The Balaban J connectivity index is 4.39. The van der Waals surface area contributed by atoms with Crippen molar-refractivity contribution in [3.8, 4) is 0 Å². The van der Waals surface area contributed by atoms with E-state index in [2.05, 4.69) is 4.90 Å². The summed E-state index contributed by atoms with van der Waals surface area (Å²) in [7, 11) is 0. The summed E-state index contributed by atoms with van der Waals surface area (Å²) in [5.74, 6) is -2.00. The van der Waals surface area contributed by atoms with Gasteiger partial charge in [-0.25, -0.2) is 0 Å². The molecular formula is C11H22N2O4. The molecule has 0 spiro atoms. The second-order valence-electron chi connectivity index (χ2n) is 4.03. The number of carbonyl (C=O) groups is 2. The van der Waals surface area contributed by atoms with E-state index in [0.717, 1.165) is 13.1 Å². The molecule has 0 aliphatic carbocycles. The summed E-state index contributed by atoms with van der Waals surface area (Å²) in [6, 6.07) is 0.142. The number of aliphatic carboxylic acids is 2. The van der Waals surface area contributed by atoms with E-state index in [-0.39, 0.29) is 19.1 Å². The summed E-state index contributed by atoms with van der Waals surface area (Å²) in [5, 5.41) is 17.4. The highest BCUT2D eigenvalue weighted by molar-refractivity contribution is 5.72. The van der Waals surface area contributed by atoms with Gasteiger partial charge in [-0.3, -0.25) is 19.4 Å². The maximum atomic E-state index is 10.6. The van der Waals surface area contributed by atoms with Crippen molar-refractivity contribution in [1.82, 2.24) is 9.80 Å². The van der Waals surface area contributed by atoms with Gasteiger partial charge in [0.15, 0.2) is 0 Å². The monoisotopic (exact) mass is 246 g/mol. The lowest BCUT2D eigenvalue weighted by Crippen LogP contribution is -2.45. The van der Waals surface area contributed by atoms with E-state index in [1.807, 2.05) is 20.8 Å². The first kappa shape index (κ1) is 15.9. The number of carboxylic acid groups (broad SMARTS) is 2. The summed E-state index contributed by atoms with van der Waals surface area (Å²) >= 11 is 0. The standard InChI is InChI=1S/C11H22N2O4/c1-4-13(5-2)9(3)6-12(7-10(14)15)8-11(16)17/h9H,4-8H2,1-3H3,(H,14,15)(H,16,17)/t9-/m1/s1. The third-order valence-corrected chi connectivity index (χ3v) is 2.68. The molecular weight excluding hydrogens is 224 g/mol. The van der Waals surface area contributed by atoms with E-state index < -0.39 is 11.9 Å². The number of nitrogens with zero attached hydrogens (tertiary/aromatic N) is 2. The van der Waals surface area contributed by atoms with Crippen molar-refractivity contribution in [2.75, 3.05) is 32.7 Å². The summed E-state index contributed by atoms with van der Waals surface area (Å²) < 4.78 is 0. The van der Waals surface area contributed by atoms with Crippen LogP contribution in [-0.4, -0.2) is 70.7 Å². The van der Waals surface area contributed by atoms with Crippen LogP contribution in [0.25, 0.3) is 0 Å². The Morgan fingerprint density at radius 2 is 1.47 bits per heavy atom. The zero-order valence-corrected chi connectivity index (χ0v) is 10.7. The van der Waals surface area contributed by atoms with Crippen molar-refractivity contribution in [2.45, 2.75) is 26.8 Å². The van der Waals surface area contributed by atoms with Crippen LogP contribution in [0.2, 0.25) is 0 Å². The van der Waals surface area contributed by atoms with Crippen LogP contribution in [0, 0.1) is 0 Å². The van der Waals surface area contributed by atoms with Crippen molar-refractivity contribution in [3.05, 3.63) is 0 Å². The molecule has 1 atom stereocenters. The van der Waals surface area contributed by atoms with Gasteiger partial charge >= 0.3 is 11.9 Å². The predicted molar refractivity (Wildman–Crippen MR) is 64.1 cm³/mol. The molecule has 0 aromatic rings. The second kappa shape index (κ2) is 8.03. The molecule has 0 rings (SSSR count). The van der Waals surface area contributed by atoms with Crippen LogP contribution in [0.4, 0.5) is 0 Å². The molecule has 6 nitrogen and oxygen atoms in total. The number of hydrogen-bond acceptors (Lipinski definition) is 4. The van der Waals surface area contributed by atoms with Crippen molar-refractivity contribution in [3.63, 3.8) is 0 Å². The fourth-order valence-corrected chi connectivity index (χ4v) is 1.90. The summed E-state index contributed by atoms with van der Waals surface area (Å²) in [4.78, 5) is 24.9. The molecule has 0 heterocycles. The predicted octanol–water partition coefficient (Wildman–Crippen LogP) is 0.188. The molecule has 0 amide bonds. The first-order chi connectivity index (χ1) is 7.90. The van der Waals surface area contributed by atoms with E-state index in [9.17, 15) is 9.59 Å². The summed E-state index contributed by atoms with van der Waals surface area (Å²) in [6.07, 6.45) is 0. The second-order valence-corrected chi connectivity index (χ2v) is 4.03. The number of likely N-dealkylation sites (N-methyl/N-ethyl adjacent to an activating group) is 1. The van der Waals surface area contributed by atoms with Crippen LogP contribution >= 0.6 is 0 Å². The molecule has 0 bridgehead atoms. The van der Waals surface area contributed by atoms with E-state index in [1.54, 1.807) is 0 Å². The number of carboxylic acids is 2. The third kappa shape index (κ3) is 6.91. The molecule has 0 saturated carbocycles. The van der Waals surface area contributed by atoms with Gasteiger partial charge in [0, 0.05) is 12.6 Å². The molecule has 6 heteroatoms. The number of rotatable bonds is 9. The third-order valence-electron chi connectivity index (χ3n) is 2.68. The van der Waals surface area contributed by atoms with Gasteiger partial charge in [-0.05, 0) is 20.0 Å². The lowest BCUT2D eigenvalue weighted by Gasteiger charge is -2.30. The van der Waals surface area contributed by atoms with Crippen LogP contribution in [0.15, 0.2) is 0 Å². The van der Waals surface area contributed by atoms with Gasteiger partial charge in [-0.1, -0.05) is 13.8 Å². The Labute approximate surface area is 102 Å². The van der Waals surface area contributed by atoms with Gasteiger partial charge in [-0.2, -0.15) is 0 Å². The van der Waals surface area contributed by atoms with Crippen molar-refractivity contribution >= 4 is 11.9 Å². The van der Waals surface area contributed by atoms with Gasteiger partial charge in [0.1, 0.15) is 0 Å². The minimum atomic E-state index is -1.00. The molecule has 0 aliphatic heterocycles. The Kier molecular flexibility index (Phi) is 7.49. The highest BCUT2D eigenvalue weighted by Crippen LogP contribution is 2.01. The fourth-order valence-electron chi connectivity index (χ4n) is 1.90. The van der Waals surface area contributed by atoms with Gasteiger partial charge in [0.25, 0.3) is 0 Å². The Morgan fingerprint density at radius 3 is 1.76 bits per heavy atom. The first-order valence-electron chi connectivity index (χ1n) is 5.80. The van der Waals surface area contributed by atoms with Crippen LogP contribution in [-0.2, 0) is 9.59 Å². The highest BCUT2D eigenvalue weighted by Gasteiger charge is 2.18. The van der Waals surface area contributed by atoms with Crippen molar-refractivity contribution in [1.29, 1.82) is 0 Å². The topological polar surface area (TPSA) is 81.1 Å². The van der Waals surface area contributed by atoms with Gasteiger partial charge < -0.3 is 10.2 Å². The lowest BCUT2D eigenvalue weighted by atomic mass is 10.2. The van der Waals surface area contributed by atoms with E-state index in [1.165, 1.54) is 4.90 Å². The maximum Gasteiger partial charge on any atom is 0.317 e. The summed E-state index contributed by atoms with van der Waals surface area (Å²) in [6.45, 7) is 7.73. The zero-order chi connectivity index (χ0) is 13.4. The molecule has 0 aromatic heterocycles. The van der Waals surface area contributed by atoms with Crippen LogP contribution in [0.1, 0.15) is 20.8 Å². The maximum absolute atomic E-state index is 10.6. The Morgan fingerprint density at radius 1 is 1.06 bits per heavy atom. The molecule has 17 heavy (non-hydrogen) atoms. The molecule has 0 aliphatic rings. The van der Waals surface area contributed by atoms with Gasteiger partial charge in [0.05, 0.1) is 13.1 Å². The fraction of sp³-hybridized carbons (Fsp3) is 0.818. The lowest BCUT2D eigenvalue weighted by molar-refractivity contribution is -0.142. The molecule has 0 aromatic carbocycles. The molecule has 2 N–H and O–H groups in total. The average molecular weight is 246 g/mol. The summed E-state index contributed by atoms with van der Waals surface area (Å²) in [5.41, 5.74) is 0. The van der Waals surface area contributed by atoms with Crippen molar-refractivity contribution in [2.24, 2.45) is 0 Å². The quantitative estimate of drug-likeness (QED) is 0.604. The first-order valence-corrected chi connectivity index (χ1v) is 5.80. The Bertz CT molecular complexity index is 238. The van der Waals surface area contributed by atoms with E-state index in [4.69, 9.17) is 10.2 Å². The zero-order valence-electron chi connectivity index (χ0n) is 10.7. The Hall–Kier alpha value is -1.14. The molecule has 0 fully saturated rings. The molecule has 100 valence electrons. The number of hydrogen-bond donors (Lipinski definition) is 2. The smallest absolute Gasteiger partial charge is 0.317 e. The van der Waals surface area contributed by atoms with Crippen LogP contribution < -0.4 is 0 Å². The molecule has 0 radical (unpaired) electrons. The van der Waals surface area contributed by atoms with Gasteiger partial charge in [-0.15, -0.1) is 0 Å². The van der Waals surface area contributed by atoms with Crippen LogP contribution in [0.3, 0.4) is 0 Å². The van der Waals surface area contributed by atoms with E-state index >= 15 is 0 Å². The van der Waals surface area contributed by atoms with E-state index in [0.29, 0.717) is 6.54 Å². The normalized spacial score (nSPS) is 13.0. The van der Waals surface area contributed by atoms with Gasteiger partial charge in [0.2, 0.25) is 0 Å². The van der Waals surface area contributed by atoms with Crippen LogP contribution in [0.5, 0.6) is 0 Å². The minimum absolute atomic E-state index is 0.142.